The van der Waals surface area contributed by atoms with Gasteiger partial charge in [0.15, 0.2) is 0 Å². The van der Waals surface area contributed by atoms with Gasteiger partial charge in [0.05, 0.1) is 10.5 Å². The van der Waals surface area contributed by atoms with Gasteiger partial charge in [-0.3, -0.25) is 4.79 Å². The number of rotatable bonds is 6. The minimum Gasteiger partial charge on any atom is -0.325 e. The molecule has 0 aromatic heterocycles. The molecule has 1 amide bonds. The van der Waals surface area contributed by atoms with Gasteiger partial charge < -0.3 is 5.32 Å². The highest BCUT2D eigenvalue weighted by molar-refractivity contribution is 9.10. The van der Waals surface area contributed by atoms with Gasteiger partial charge in [0.2, 0.25) is 5.91 Å². The van der Waals surface area contributed by atoms with Crippen LogP contribution in [0.1, 0.15) is 39.5 Å². The van der Waals surface area contributed by atoms with Gasteiger partial charge in [-0.25, -0.2) is 4.39 Å². The fourth-order valence-electron chi connectivity index (χ4n) is 2.19. The monoisotopic (exact) mass is 340 g/mol. The number of hydrogen-bond acceptors (Lipinski definition) is 2. The molecule has 1 rings (SSSR count). The van der Waals surface area contributed by atoms with Crippen molar-refractivity contribution in [2.75, 3.05) is 5.32 Å². The lowest BCUT2D eigenvalue weighted by atomic mass is 9.79. The first kappa shape index (κ1) is 16.6. The van der Waals surface area contributed by atoms with Gasteiger partial charge in [-0.15, -0.1) is 0 Å². The molecule has 0 radical (unpaired) electrons. The van der Waals surface area contributed by atoms with E-state index in [-0.39, 0.29) is 5.91 Å². The van der Waals surface area contributed by atoms with Crippen LogP contribution in [-0.4, -0.2) is 5.91 Å². The van der Waals surface area contributed by atoms with E-state index in [4.69, 9.17) is 0 Å². The molecular formula is C15H18BrFN2O. The summed E-state index contributed by atoms with van der Waals surface area (Å²) in [6.07, 6.45) is 2.50. The number of nitriles is 1. The third kappa shape index (κ3) is 3.80. The number of anilines is 1. The lowest BCUT2D eigenvalue weighted by molar-refractivity contribution is -0.123. The van der Waals surface area contributed by atoms with Crippen LogP contribution in [0.25, 0.3) is 0 Å². The smallest absolute Gasteiger partial charge is 0.244 e. The molecule has 0 unspecified atom stereocenters. The summed E-state index contributed by atoms with van der Waals surface area (Å²) in [4.78, 5) is 12.4. The van der Waals surface area contributed by atoms with E-state index in [9.17, 15) is 14.4 Å². The van der Waals surface area contributed by atoms with E-state index in [0.717, 1.165) is 12.8 Å². The summed E-state index contributed by atoms with van der Waals surface area (Å²) in [7, 11) is 0. The number of amides is 1. The number of benzene rings is 1. The molecule has 0 saturated heterocycles. The Morgan fingerprint density at radius 2 is 2.00 bits per heavy atom. The molecule has 0 spiro atoms. The van der Waals surface area contributed by atoms with E-state index in [1.807, 2.05) is 13.8 Å². The van der Waals surface area contributed by atoms with Crippen LogP contribution < -0.4 is 5.32 Å². The number of carbonyl (C=O) groups is 1. The second-order valence-corrected chi connectivity index (χ2v) is 5.63. The molecule has 0 saturated carbocycles. The summed E-state index contributed by atoms with van der Waals surface area (Å²) in [6, 6.07) is 6.52. The fraction of sp³-hybridized carbons (Fsp3) is 0.467. The second kappa shape index (κ2) is 7.39. The van der Waals surface area contributed by atoms with Gasteiger partial charge in [0.1, 0.15) is 11.2 Å². The summed E-state index contributed by atoms with van der Waals surface area (Å²) in [6.45, 7) is 3.88. The first-order chi connectivity index (χ1) is 9.49. The number of carbonyl (C=O) groups excluding carboxylic acids is 1. The third-order valence-electron chi connectivity index (χ3n) is 3.18. The molecule has 1 aromatic carbocycles. The van der Waals surface area contributed by atoms with Crippen LogP contribution in [0.4, 0.5) is 10.1 Å². The van der Waals surface area contributed by atoms with Gasteiger partial charge in [0.25, 0.3) is 0 Å². The van der Waals surface area contributed by atoms with Crippen molar-refractivity contribution >= 4 is 27.5 Å². The third-order valence-corrected chi connectivity index (χ3v) is 3.82. The molecule has 0 fully saturated rings. The Morgan fingerprint density at radius 1 is 1.40 bits per heavy atom. The van der Waals surface area contributed by atoms with Gasteiger partial charge in [0, 0.05) is 5.69 Å². The van der Waals surface area contributed by atoms with Crippen LogP contribution in [0.2, 0.25) is 0 Å². The highest BCUT2D eigenvalue weighted by Crippen LogP contribution is 2.31. The molecule has 108 valence electrons. The molecule has 0 aliphatic carbocycles. The lowest BCUT2D eigenvalue weighted by Gasteiger charge is -2.24. The molecule has 20 heavy (non-hydrogen) atoms. The van der Waals surface area contributed by atoms with Gasteiger partial charge >= 0.3 is 0 Å². The first-order valence-corrected chi connectivity index (χ1v) is 7.46. The SMILES string of the molecule is CCCC(C#N)(CCC)C(=O)Nc1ccc(Br)c(F)c1. The lowest BCUT2D eigenvalue weighted by Crippen LogP contribution is -2.35. The maximum Gasteiger partial charge on any atom is 0.244 e. The van der Waals surface area contributed by atoms with E-state index in [0.29, 0.717) is 23.0 Å². The molecule has 0 bridgehead atoms. The Morgan fingerprint density at radius 3 is 2.45 bits per heavy atom. The maximum absolute atomic E-state index is 13.4. The molecule has 0 aliphatic rings. The van der Waals surface area contributed by atoms with Crippen LogP contribution in [0.3, 0.4) is 0 Å². The van der Waals surface area contributed by atoms with Crippen molar-refractivity contribution in [2.24, 2.45) is 5.41 Å². The van der Waals surface area contributed by atoms with Crippen molar-refractivity contribution in [1.29, 1.82) is 5.26 Å². The average molecular weight is 341 g/mol. The summed E-state index contributed by atoms with van der Waals surface area (Å²) >= 11 is 3.06. The molecule has 0 aliphatic heterocycles. The number of nitrogens with zero attached hydrogens (tertiary/aromatic N) is 1. The molecule has 1 aromatic rings. The van der Waals surface area contributed by atoms with Crippen molar-refractivity contribution in [3.05, 3.63) is 28.5 Å². The predicted molar refractivity (Wildman–Crippen MR) is 80.6 cm³/mol. The number of nitrogens with one attached hydrogen (secondary N) is 1. The minimum absolute atomic E-state index is 0.337. The quantitative estimate of drug-likeness (QED) is 0.820. The number of hydrogen-bond donors (Lipinski definition) is 1. The zero-order chi connectivity index (χ0) is 15.2. The van der Waals surface area contributed by atoms with E-state index < -0.39 is 11.2 Å². The zero-order valence-electron chi connectivity index (χ0n) is 11.7. The van der Waals surface area contributed by atoms with E-state index >= 15 is 0 Å². The molecule has 3 nitrogen and oxygen atoms in total. The summed E-state index contributed by atoms with van der Waals surface area (Å²) < 4.78 is 13.8. The Balaban J connectivity index is 2.96. The Bertz CT molecular complexity index is 519. The topological polar surface area (TPSA) is 52.9 Å². The fourth-order valence-corrected chi connectivity index (χ4v) is 2.44. The minimum atomic E-state index is -1.03. The molecule has 0 heterocycles. The van der Waals surface area contributed by atoms with Crippen molar-refractivity contribution < 1.29 is 9.18 Å². The van der Waals surface area contributed by atoms with Crippen LogP contribution in [0.15, 0.2) is 22.7 Å². The normalized spacial score (nSPS) is 10.9. The second-order valence-electron chi connectivity index (χ2n) is 4.78. The highest BCUT2D eigenvalue weighted by Gasteiger charge is 2.37. The van der Waals surface area contributed by atoms with E-state index in [2.05, 4.69) is 27.3 Å². The summed E-state index contributed by atoms with van der Waals surface area (Å²) in [5, 5.41) is 12.0. The van der Waals surface area contributed by atoms with Crippen LogP contribution in [0.5, 0.6) is 0 Å². The van der Waals surface area contributed by atoms with E-state index in [1.165, 1.54) is 12.1 Å². The predicted octanol–water partition coefficient (Wildman–Crippen LogP) is 4.64. The van der Waals surface area contributed by atoms with Crippen molar-refractivity contribution in [3.63, 3.8) is 0 Å². The number of halogens is 2. The summed E-state index contributed by atoms with van der Waals surface area (Å²) in [5.74, 6) is -0.804. The maximum atomic E-state index is 13.4. The van der Waals surface area contributed by atoms with Gasteiger partial charge in [-0.2, -0.15) is 5.26 Å². The average Bonchev–Trinajstić information content (AvgIpc) is 2.42. The van der Waals surface area contributed by atoms with Gasteiger partial charge in [-0.1, -0.05) is 26.7 Å². The van der Waals surface area contributed by atoms with E-state index in [1.54, 1.807) is 6.07 Å². The highest BCUT2D eigenvalue weighted by atomic mass is 79.9. The zero-order valence-corrected chi connectivity index (χ0v) is 13.3. The Kier molecular flexibility index (Phi) is 6.15. The Hall–Kier alpha value is -1.41. The van der Waals surface area contributed by atoms with Crippen LogP contribution in [0, 0.1) is 22.6 Å². The van der Waals surface area contributed by atoms with Crippen molar-refractivity contribution in [2.45, 2.75) is 39.5 Å². The molecule has 5 heteroatoms. The van der Waals surface area contributed by atoms with Gasteiger partial charge in [-0.05, 0) is 47.0 Å². The first-order valence-electron chi connectivity index (χ1n) is 6.67. The van der Waals surface area contributed by atoms with Crippen LogP contribution >= 0.6 is 15.9 Å². The van der Waals surface area contributed by atoms with Crippen molar-refractivity contribution in [3.8, 4) is 6.07 Å². The van der Waals surface area contributed by atoms with Crippen LogP contribution in [-0.2, 0) is 4.79 Å². The largest absolute Gasteiger partial charge is 0.325 e. The Labute approximate surface area is 127 Å². The molecular weight excluding hydrogens is 323 g/mol. The standard InChI is InChI=1S/C15H18BrFN2O/c1-3-7-15(10-18,8-4-2)14(20)19-11-5-6-12(16)13(17)9-11/h5-6,9H,3-4,7-8H2,1-2H3,(H,19,20). The molecule has 1 N–H and O–H groups in total. The van der Waals surface area contributed by atoms with Crippen molar-refractivity contribution in [1.82, 2.24) is 0 Å². The molecule has 0 atom stereocenters. The summed E-state index contributed by atoms with van der Waals surface area (Å²) in [5.41, 5.74) is -0.671.